The summed E-state index contributed by atoms with van der Waals surface area (Å²) in [5.41, 5.74) is 2.60. The first kappa shape index (κ1) is 12.6. The van der Waals surface area contributed by atoms with Gasteiger partial charge < -0.3 is 10.0 Å². The van der Waals surface area contributed by atoms with Crippen LogP contribution in [0.1, 0.15) is 34.3 Å². The van der Waals surface area contributed by atoms with Gasteiger partial charge in [-0.2, -0.15) is 0 Å². The summed E-state index contributed by atoms with van der Waals surface area (Å²) in [7, 11) is 0. The summed E-state index contributed by atoms with van der Waals surface area (Å²) in [6, 6.07) is 4.94. The first-order chi connectivity index (χ1) is 8.50. The van der Waals surface area contributed by atoms with Gasteiger partial charge in [0, 0.05) is 12.1 Å². The van der Waals surface area contributed by atoms with E-state index in [0.29, 0.717) is 18.5 Å². The van der Waals surface area contributed by atoms with Crippen LogP contribution in [-0.4, -0.2) is 34.5 Å². The average Bonchev–Trinajstić information content (AvgIpc) is 2.77. The van der Waals surface area contributed by atoms with Gasteiger partial charge in [0.1, 0.15) is 6.04 Å². The van der Waals surface area contributed by atoms with Crippen molar-refractivity contribution in [3.8, 4) is 0 Å². The van der Waals surface area contributed by atoms with Gasteiger partial charge in [0.2, 0.25) is 0 Å². The molecule has 1 saturated heterocycles. The van der Waals surface area contributed by atoms with Crippen LogP contribution in [0.25, 0.3) is 0 Å². The molecule has 0 spiro atoms. The summed E-state index contributed by atoms with van der Waals surface area (Å²) in [5, 5.41) is 9.10. The molecule has 1 atom stereocenters. The predicted molar refractivity (Wildman–Crippen MR) is 67.6 cm³/mol. The lowest BCUT2D eigenvalue weighted by atomic mass is 10.0. The summed E-state index contributed by atoms with van der Waals surface area (Å²) >= 11 is 0. The maximum atomic E-state index is 12.4. The number of carboxylic acids is 1. The van der Waals surface area contributed by atoms with Crippen LogP contribution in [0.4, 0.5) is 0 Å². The van der Waals surface area contributed by atoms with Crippen molar-refractivity contribution in [3.05, 3.63) is 34.9 Å². The number of carboxylic acid groups (broad SMARTS) is 1. The van der Waals surface area contributed by atoms with Crippen molar-refractivity contribution < 1.29 is 14.7 Å². The molecule has 96 valence electrons. The predicted octanol–water partition coefficient (Wildman–Crippen LogP) is 1.99. The third-order valence-corrected chi connectivity index (χ3v) is 3.41. The SMILES string of the molecule is Cc1ccc(C(=O)N2CCC[C@@H]2C(=O)O)c(C)c1. The first-order valence-corrected chi connectivity index (χ1v) is 6.11. The fourth-order valence-corrected chi connectivity index (χ4v) is 2.47. The van der Waals surface area contributed by atoms with Crippen LogP contribution in [0.3, 0.4) is 0 Å². The Morgan fingerprint density at radius 2 is 2.06 bits per heavy atom. The van der Waals surface area contributed by atoms with Gasteiger partial charge in [-0.1, -0.05) is 17.7 Å². The van der Waals surface area contributed by atoms with Gasteiger partial charge >= 0.3 is 5.97 Å². The van der Waals surface area contributed by atoms with Crippen molar-refractivity contribution >= 4 is 11.9 Å². The van der Waals surface area contributed by atoms with E-state index in [1.807, 2.05) is 26.0 Å². The molecule has 1 fully saturated rings. The third-order valence-electron chi connectivity index (χ3n) is 3.41. The molecule has 2 rings (SSSR count). The van der Waals surface area contributed by atoms with E-state index in [-0.39, 0.29) is 5.91 Å². The Morgan fingerprint density at radius 1 is 1.33 bits per heavy atom. The molecule has 1 amide bonds. The molecule has 1 aromatic rings. The lowest BCUT2D eigenvalue weighted by Crippen LogP contribution is -2.40. The van der Waals surface area contributed by atoms with Crippen LogP contribution in [0, 0.1) is 13.8 Å². The highest BCUT2D eigenvalue weighted by Gasteiger charge is 2.34. The highest BCUT2D eigenvalue weighted by molar-refractivity contribution is 5.98. The van der Waals surface area contributed by atoms with Crippen molar-refractivity contribution in [2.24, 2.45) is 0 Å². The van der Waals surface area contributed by atoms with Gasteiger partial charge in [-0.25, -0.2) is 4.79 Å². The maximum absolute atomic E-state index is 12.4. The number of hydrogen-bond acceptors (Lipinski definition) is 2. The minimum Gasteiger partial charge on any atom is -0.480 e. The van der Waals surface area contributed by atoms with E-state index < -0.39 is 12.0 Å². The Kier molecular flexibility index (Phi) is 3.36. The molecule has 1 aliphatic heterocycles. The molecule has 1 aromatic carbocycles. The van der Waals surface area contributed by atoms with Crippen LogP contribution in [0.5, 0.6) is 0 Å². The minimum absolute atomic E-state index is 0.169. The van der Waals surface area contributed by atoms with Crippen LogP contribution >= 0.6 is 0 Å². The number of aliphatic carboxylic acids is 1. The van der Waals surface area contributed by atoms with E-state index in [4.69, 9.17) is 5.11 Å². The van der Waals surface area contributed by atoms with E-state index in [0.717, 1.165) is 17.5 Å². The Bertz CT molecular complexity index is 496. The summed E-state index contributed by atoms with van der Waals surface area (Å²) in [4.78, 5) is 24.9. The molecule has 18 heavy (non-hydrogen) atoms. The van der Waals surface area contributed by atoms with Crippen LogP contribution < -0.4 is 0 Å². The fraction of sp³-hybridized carbons (Fsp3) is 0.429. The summed E-state index contributed by atoms with van der Waals surface area (Å²) in [6.45, 7) is 4.38. The van der Waals surface area contributed by atoms with Gasteiger partial charge in [-0.05, 0) is 38.3 Å². The van der Waals surface area contributed by atoms with Crippen molar-refractivity contribution in [2.45, 2.75) is 32.7 Å². The molecule has 1 heterocycles. The second-order valence-corrected chi connectivity index (χ2v) is 4.81. The van der Waals surface area contributed by atoms with Gasteiger partial charge in [0.25, 0.3) is 5.91 Å². The molecule has 4 heteroatoms. The number of hydrogen-bond donors (Lipinski definition) is 1. The second-order valence-electron chi connectivity index (χ2n) is 4.81. The summed E-state index contributed by atoms with van der Waals surface area (Å²) in [5.74, 6) is -1.08. The Morgan fingerprint density at radius 3 is 2.67 bits per heavy atom. The Labute approximate surface area is 106 Å². The largest absolute Gasteiger partial charge is 0.480 e. The zero-order chi connectivity index (χ0) is 13.3. The zero-order valence-electron chi connectivity index (χ0n) is 10.6. The fourth-order valence-electron chi connectivity index (χ4n) is 2.47. The van der Waals surface area contributed by atoms with Crippen LogP contribution in [0.2, 0.25) is 0 Å². The maximum Gasteiger partial charge on any atom is 0.326 e. The van der Waals surface area contributed by atoms with E-state index >= 15 is 0 Å². The number of benzene rings is 1. The van der Waals surface area contributed by atoms with Crippen LogP contribution in [0.15, 0.2) is 18.2 Å². The topological polar surface area (TPSA) is 57.6 Å². The van der Waals surface area contributed by atoms with Gasteiger partial charge in [-0.3, -0.25) is 4.79 Å². The Hall–Kier alpha value is -1.84. The van der Waals surface area contributed by atoms with Crippen molar-refractivity contribution in [1.29, 1.82) is 0 Å². The smallest absolute Gasteiger partial charge is 0.326 e. The standard InChI is InChI=1S/C14H17NO3/c1-9-5-6-11(10(2)8-9)13(16)15-7-3-4-12(15)14(17)18/h5-6,8,12H,3-4,7H2,1-2H3,(H,17,18)/t12-/m1/s1. The molecule has 0 bridgehead atoms. The summed E-state index contributed by atoms with van der Waals surface area (Å²) < 4.78 is 0. The highest BCUT2D eigenvalue weighted by Crippen LogP contribution is 2.22. The monoisotopic (exact) mass is 247 g/mol. The van der Waals surface area contributed by atoms with Crippen molar-refractivity contribution in [2.75, 3.05) is 6.54 Å². The molecular weight excluding hydrogens is 230 g/mol. The summed E-state index contributed by atoms with van der Waals surface area (Å²) in [6.07, 6.45) is 1.31. The molecule has 4 nitrogen and oxygen atoms in total. The minimum atomic E-state index is -0.911. The van der Waals surface area contributed by atoms with E-state index in [9.17, 15) is 9.59 Å². The second kappa shape index (κ2) is 4.80. The molecule has 1 N–H and O–H groups in total. The quantitative estimate of drug-likeness (QED) is 0.869. The van der Waals surface area contributed by atoms with Crippen molar-refractivity contribution in [3.63, 3.8) is 0 Å². The first-order valence-electron chi connectivity index (χ1n) is 6.11. The number of amides is 1. The van der Waals surface area contributed by atoms with E-state index in [1.54, 1.807) is 6.07 Å². The lowest BCUT2D eigenvalue weighted by Gasteiger charge is -2.22. The molecule has 0 unspecified atom stereocenters. The normalized spacial score (nSPS) is 19.0. The Balaban J connectivity index is 2.28. The number of rotatable bonds is 2. The number of carbonyl (C=O) groups excluding carboxylic acids is 1. The molecule has 0 saturated carbocycles. The number of aryl methyl sites for hydroxylation is 2. The average molecular weight is 247 g/mol. The molecule has 1 aliphatic rings. The number of likely N-dealkylation sites (tertiary alicyclic amines) is 1. The molecule has 0 aromatic heterocycles. The van der Waals surface area contributed by atoms with Gasteiger partial charge in [0.15, 0.2) is 0 Å². The van der Waals surface area contributed by atoms with Crippen molar-refractivity contribution in [1.82, 2.24) is 4.90 Å². The van der Waals surface area contributed by atoms with Crippen LogP contribution in [-0.2, 0) is 4.79 Å². The lowest BCUT2D eigenvalue weighted by molar-refractivity contribution is -0.141. The van der Waals surface area contributed by atoms with E-state index in [2.05, 4.69) is 0 Å². The zero-order valence-corrected chi connectivity index (χ0v) is 10.6. The highest BCUT2D eigenvalue weighted by atomic mass is 16.4. The van der Waals surface area contributed by atoms with Gasteiger partial charge in [-0.15, -0.1) is 0 Å². The van der Waals surface area contributed by atoms with E-state index in [1.165, 1.54) is 4.90 Å². The molecule has 0 aliphatic carbocycles. The molecule has 0 radical (unpaired) electrons. The molecular formula is C14H17NO3. The third kappa shape index (κ3) is 2.23. The number of nitrogens with zero attached hydrogens (tertiary/aromatic N) is 1. The van der Waals surface area contributed by atoms with Gasteiger partial charge in [0.05, 0.1) is 0 Å². The number of carbonyl (C=O) groups is 2.